The molecule has 1 aromatic rings. The molecule has 0 fully saturated rings. The Kier molecular flexibility index (Phi) is 3.67. The zero-order valence-corrected chi connectivity index (χ0v) is 9.36. The predicted octanol–water partition coefficient (Wildman–Crippen LogP) is 3.19. The summed E-state index contributed by atoms with van der Waals surface area (Å²) in [4.78, 5) is 11.4. The van der Waals surface area contributed by atoms with Gasteiger partial charge in [-0.05, 0) is 17.5 Å². The Hall–Kier alpha value is -1.57. The van der Waals surface area contributed by atoms with Gasteiger partial charge in [0.2, 0.25) is 0 Å². The Morgan fingerprint density at radius 1 is 1.20 bits per heavy atom. The largest absolute Gasteiger partial charge is 0.423 e. The molecule has 0 heterocycles. The minimum Gasteiger partial charge on any atom is -0.423 e. The lowest BCUT2D eigenvalue weighted by Crippen LogP contribution is -2.06. The van der Waals surface area contributed by atoms with Gasteiger partial charge in [0, 0.05) is 6.08 Å². The van der Waals surface area contributed by atoms with Crippen LogP contribution in [0.2, 0.25) is 0 Å². The molecule has 0 amide bonds. The van der Waals surface area contributed by atoms with Crippen LogP contribution >= 0.6 is 0 Å². The average Bonchev–Trinajstić information content (AvgIpc) is 2.15. The summed E-state index contributed by atoms with van der Waals surface area (Å²) in [6, 6.07) is 9.04. The van der Waals surface area contributed by atoms with E-state index in [0.29, 0.717) is 5.75 Å². The summed E-state index contributed by atoms with van der Waals surface area (Å²) in [5, 5.41) is 0. The first kappa shape index (κ1) is 11.5. The molecule has 0 spiro atoms. The Morgan fingerprint density at radius 2 is 1.80 bits per heavy atom. The molecule has 0 atom stereocenters. The summed E-state index contributed by atoms with van der Waals surface area (Å²) in [6.45, 7) is 6.08. The number of hydrogen-bond acceptors (Lipinski definition) is 2. The van der Waals surface area contributed by atoms with Crippen molar-refractivity contribution < 1.29 is 9.53 Å². The van der Waals surface area contributed by atoms with Gasteiger partial charge in [0.05, 0.1) is 0 Å². The number of carbonyl (C=O) groups excluding carboxylic acids is 1. The number of carbonyl (C=O) groups is 1. The van der Waals surface area contributed by atoms with Crippen LogP contribution in [-0.2, 0) is 4.79 Å². The molecule has 0 bridgehead atoms. The summed E-state index contributed by atoms with van der Waals surface area (Å²) in [6.07, 6.45) is 3.30. The van der Waals surface area contributed by atoms with Crippen molar-refractivity contribution in [3.05, 3.63) is 42.5 Å². The highest BCUT2D eigenvalue weighted by molar-refractivity contribution is 5.84. The average molecular weight is 204 g/mol. The fourth-order valence-corrected chi connectivity index (χ4v) is 0.957. The topological polar surface area (TPSA) is 26.3 Å². The van der Waals surface area contributed by atoms with Crippen LogP contribution < -0.4 is 4.74 Å². The maximum atomic E-state index is 11.4. The predicted molar refractivity (Wildman–Crippen MR) is 60.7 cm³/mol. The van der Waals surface area contributed by atoms with Gasteiger partial charge in [-0.1, -0.05) is 45.0 Å². The minimum atomic E-state index is -0.337. The molecule has 0 aliphatic rings. The minimum absolute atomic E-state index is 0.00426. The number of benzene rings is 1. The number of ether oxygens (including phenoxy) is 1. The van der Waals surface area contributed by atoms with Crippen molar-refractivity contribution in [1.82, 2.24) is 0 Å². The van der Waals surface area contributed by atoms with E-state index in [9.17, 15) is 4.79 Å². The van der Waals surface area contributed by atoms with Gasteiger partial charge in [-0.15, -0.1) is 0 Å². The fourth-order valence-electron chi connectivity index (χ4n) is 0.957. The maximum absolute atomic E-state index is 11.4. The highest BCUT2D eigenvalue weighted by Crippen LogP contribution is 2.15. The Labute approximate surface area is 90.6 Å². The Bertz CT molecular complexity index is 345. The summed E-state index contributed by atoms with van der Waals surface area (Å²) >= 11 is 0. The summed E-state index contributed by atoms with van der Waals surface area (Å²) < 4.78 is 5.08. The molecule has 1 rings (SSSR count). The van der Waals surface area contributed by atoms with E-state index in [1.807, 2.05) is 45.0 Å². The molecule has 0 N–H and O–H groups in total. The first-order valence-corrected chi connectivity index (χ1v) is 4.93. The Balaban J connectivity index is 2.55. The van der Waals surface area contributed by atoms with E-state index < -0.39 is 0 Å². The van der Waals surface area contributed by atoms with Gasteiger partial charge in [-0.25, -0.2) is 4.79 Å². The van der Waals surface area contributed by atoms with Crippen LogP contribution in [0.3, 0.4) is 0 Å². The second-order valence-corrected chi connectivity index (χ2v) is 4.43. The quantitative estimate of drug-likeness (QED) is 0.420. The normalized spacial score (nSPS) is 11.7. The third kappa shape index (κ3) is 5.01. The molecule has 15 heavy (non-hydrogen) atoms. The van der Waals surface area contributed by atoms with E-state index in [-0.39, 0.29) is 11.4 Å². The molecular weight excluding hydrogens is 188 g/mol. The van der Waals surface area contributed by atoms with Crippen LogP contribution in [0.25, 0.3) is 0 Å². The number of esters is 1. The van der Waals surface area contributed by atoms with Crippen LogP contribution in [0.15, 0.2) is 42.5 Å². The van der Waals surface area contributed by atoms with Crippen LogP contribution in [0, 0.1) is 5.41 Å². The number of allylic oxidation sites excluding steroid dienone is 1. The summed E-state index contributed by atoms with van der Waals surface area (Å²) in [7, 11) is 0. The maximum Gasteiger partial charge on any atom is 0.335 e. The van der Waals surface area contributed by atoms with Gasteiger partial charge in [-0.3, -0.25) is 0 Å². The van der Waals surface area contributed by atoms with Gasteiger partial charge in [0.15, 0.2) is 0 Å². The van der Waals surface area contributed by atoms with Gasteiger partial charge < -0.3 is 4.74 Å². The van der Waals surface area contributed by atoms with Crippen molar-refractivity contribution in [2.45, 2.75) is 20.8 Å². The molecular formula is C13H16O2. The van der Waals surface area contributed by atoms with Gasteiger partial charge in [0.1, 0.15) is 5.75 Å². The van der Waals surface area contributed by atoms with Gasteiger partial charge >= 0.3 is 5.97 Å². The summed E-state index contributed by atoms with van der Waals surface area (Å²) in [5.41, 5.74) is -0.00426. The molecule has 0 saturated carbocycles. The molecule has 2 nitrogen and oxygen atoms in total. The van der Waals surface area contributed by atoms with Gasteiger partial charge in [0.25, 0.3) is 0 Å². The lowest BCUT2D eigenvalue weighted by atomic mass is 9.96. The van der Waals surface area contributed by atoms with Gasteiger partial charge in [-0.2, -0.15) is 0 Å². The van der Waals surface area contributed by atoms with Crippen molar-refractivity contribution in [3.63, 3.8) is 0 Å². The van der Waals surface area contributed by atoms with E-state index in [2.05, 4.69) is 0 Å². The van der Waals surface area contributed by atoms with Crippen molar-refractivity contribution in [1.29, 1.82) is 0 Å². The molecule has 0 aliphatic heterocycles. The van der Waals surface area contributed by atoms with E-state index in [4.69, 9.17) is 4.74 Å². The first-order valence-electron chi connectivity index (χ1n) is 4.93. The second kappa shape index (κ2) is 4.78. The van der Waals surface area contributed by atoms with Crippen LogP contribution in [0.1, 0.15) is 20.8 Å². The molecule has 0 saturated heterocycles. The van der Waals surface area contributed by atoms with Crippen LogP contribution in [0.5, 0.6) is 5.75 Å². The number of hydrogen-bond donors (Lipinski definition) is 0. The Morgan fingerprint density at radius 3 is 2.33 bits per heavy atom. The molecule has 80 valence electrons. The van der Waals surface area contributed by atoms with E-state index >= 15 is 0 Å². The fraction of sp³-hybridized carbons (Fsp3) is 0.308. The van der Waals surface area contributed by atoms with E-state index in [1.54, 1.807) is 12.1 Å². The molecule has 0 unspecified atom stereocenters. The first-order chi connectivity index (χ1) is 6.97. The molecule has 1 aromatic carbocycles. The zero-order valence-electron chi connectivity index (χ0n) is 9.36. The second-order valence-electron chi connectivity index (χ2n) is 4.43. The SMILES string of the molecule is CC(C)(C)C=CC(=O)Oc1ccccc1. The molecule has 0 radical (unpaired) electrons. The highest BCUT2D eigenvalue weighted by Gasteiger charge is 2.06. The smallest absolute Gasteiger partial charge is 0.335 e. The van der Waals surface area contributed by atoms with Crippen molar-refractivity contribution in [2.24, 2.45) is 5.41 Å². The molecule has 0 aliphatic carbocycles. The third-order valence-electron chi connectivity index (χ3n) is 1.68. The molecule has 0 aromatic heterocycles. The number of para-hydroxylation sites is 1. The van der Waals surface area contributed by atoms with E-state index in [0.717, 1.165) is 0 Å². The molecule has 2 heteroatoms. The van der Waals surface area contributed by atoms with E-state index in [1.165, 1.54) is 6.08 Å². The third-order valence-corrected chi connectivity index (χ3v) is 1.68. The standard InChI is InChI=1S/C13H16O2/c1-13(2,3)10-9-12(14)15-11-7-5-4-6-8-11/h4-10H,1-3H3. The van der Waals surface area contributed by atoms with Crippen LogP contribution in [0.4, 0.5) is 0 Å². The van der Waals surface area contributed by atoms with Crippen LogP contribution in [-0.4, -0.2) is 5.97 Å². The van der Waals surface area contributed by atoms with Crippen molar-refractivity contribution in [3.8, 4) is 5.75 Å². The lowest BCUT2D eigenvalue weighted by Gasteiger charge is -2.10. The highest BCUT2D eigenvalue weighted by atomic mass is 16.5. The van der Waals surface area contributed by atoms with Crippen molar-refractivity contribution in [2.75, 3.05) is 0 Å². The van der Waals surface area contributed by atoms with Crippen molar-refractivity contribution >= 4 is 5.97 Å². The number of rotatable bonds is 2. The monoisotopic (exact) mass is 204 g/mol. The summed E-state index contributed by atoms with van der Waals surface area (Å²) in [5.74, 6) is 0.234. The zero-order chi connectivity index (χ0) is 11.3. The lowest BCUT2D eigenvalue weighted by molar-refractivity contribution is -0.129.